The maximum atomic E-state index is 10.6. The Bertz CT molecular complexity index is 1820. The molecule has 5 heterocycles. The Morgan fingerprint density at radius 2 is 1.38 bits per heavy atom. The van der Waals surface area contributed by atoms with Crippen molar-refractivity contribution in [1.29, 1.82) is 0 Å². The molecule has 2 aliphatic rings. The minimum absolute atomic E-state index is 0. The van der Waals surface area contributed by atoms with Crippen molar-refractivity contribution in [2.45, 2.75) is 50.0 Å². The first-order chi connectivity index (χ1) is 25.3. The Labute approximate surface area is 319 Å². The number of hydrogen-bond acceptors (Lipinski definition) is 12. The van der Waals surface area contributed by atoms with E-state index in [1.165, 1.54) is 0 Å². The molecule has 0 spiro atoms. The molecule has 5 aromatic rings. The van der Waals surface area contributed by atoms with E-state index in [1.54, 1.807) is 12.1 Å². The Morgan fingerprint density at radius 3 is 1.96 bits per heavy atom. The van der Waals surface area contributed by atoms with Crippen LogP contribution >= 0.6 is 0 Å². The third kappa shape index (κ3) is 8.93. The summed E-state index contributed by atoms with van der Waals surface area (Å²) in [5, 5.41) is 49.9. The predicted octanol–water partition coefficient (Wildman–Crippen LogP) is 1.57. The van der Waals surface area contributed by atoms with E-state index in [9.17, 15) is 20.4 Å². The summed E-state index contributed by atoms with van der Waals surface area (Å²) in [5.74, 6) is 0.374. The van der Waals surface area contributed by atoms with Crippen molar-refractivity contribution in [2.24, 2.45) is 0 Å². The fourth-order valence-corrected chi connectivity index (χ4v) is 7.08. The Morgan fingerprint density at radius 1 is 0.774 bits per heavy atom. The molecule has 0 amide bonds. The summed E-state index contributed by atoms with van der Waals surface area (Å²) in [5.41, 5.74) is 4.59. The average Bonchev–Trinajstić information content (AvgIpc) is 3.62. The number of quaternary nitrogens is 1. The zero-order valence-electron chi connectivity index (χ0n) is 29.3. The molecular formula is C38H46FeN8O6+2. The molecule has 1 unspecified atom stereocenters. The second-order valence-corrected chi connectivity index (χ2v) is 13.6. The number of pyridine rings is 2. The number of aromatic nitrogens is 5. The monoisotopic (exact) mass is 766 g/mol. The zero-order valence-corrected chi connectivity index (χ0v) is 30.4. The van der Waals surface area contributed by atoms with E-state index in [4.69, 9.17) is 21.7 Å². The van der Waals surface area contributed by atoms with E-state index in [0.29, 0.717) is 36.4 Å². The van der Waals surface area contributed by atoms with Crippen LogP contribution < -0.4 is 4.74 Å². The fourth-order valence-electron chi connectivity index (χ4n) is 7.08. The molecule has 2 saturated heterocycles. The topological polar surface area (TPSA) is 162 Å². The minimum Gasteiger partial charge on any atom is -0.462 e. The number of fused-ring (bicyclic) bond motifs is 1. The van der Waals surface area contributed by atoms with Crippen LogP contribution in [0.4, 0.5) is 0 Å². The van der Waals surface area contributed by atoms with Crippen molar-refractivity contribution in [3.63, 3.8) is 0 Å². The Balaban J connectivity index is 0.00000481. The number of nitrogens with zero attached hydrogens (tertiary/aromatic N) is 8. The normalized spacial score (nSPS) is 24.7. The van der Waals surface area contributed by atoms with E-state index >= 15 is 0 Å². The van der Waals surface area contributed by atoms with Crippen LogP contribution in [0.2, 0.25) is 0 Å². The Hall–Kier alpha value is -3.86. The smallest absolute Gasteiger partial charge is 0.462 e. The molecule has 0 aliphatic carbocycles. The van der Waals surface area contributed by atoms with Gasteiger partial charge in [-0.3, -0.25) is 19.8 Å². The molecular weight excluding hydrogens is 720 g/mol. The van der Waals surface area contributed by atoms with Gasteiger partial charge in [0.15, 0.2) is 6.17 Å². The van der Waals surface area contributed by atoms with Crippen molar-refractivity contribution < 1.29 is 51.5 Å². The van der Waals surface area contributed by atoms with Gasteiger partial charge in [-0.15, -0.1) is 12.1 Å². The van der Waals surface area contributed by atoms with E-state index in [2.05, 4.69) is 37.0 Å². The number of para-hydroxylation sites is 1. The van der Waals surface area contributed by atoms with Crippen LogP contribution in [0.5, 0.6) is 5.75 Å². The number of ether oxygens (including phenoxy) is 2. The van der Waals surface area contributed by atoms with Crippen LogP contribution in [-0.4, -0.2) is 136 Å². The number of rotatable bonds is 10. The van der Waals surface area contributed by atoms with Gasteiger partial charge in [0.2, 0.25) is 6.29 Å². The van der Waals surface area contributed by atoms with Crippen molar-refractivity contribution in [3.05, 3.63) is 121 Å². The quantitative estimate of drug-likeness (QED) is 0.0925. The number of benzene rings is 2. The first kappa shape index (κ1) is 38.9. The largest absolute Gasteiger partial charge is 2.00 e. The number of hydrogen-bond donors (Lipinski definition) is 4. The van der Waals surface area contributed by atoms with Gasteiger partial charge in [-0.1, -0.05) is 29.5 Å². The van der Waals surface area contributed by atoms with Gasteiger partial charge in [0, 0.05) is 57.2 Å². The van der Waals surface area contributed by atoms with E-state index < -0.39 is 37.3 Å². The van der Waals surface area contributed by atoms with Crippen LogP contribution in [-0.2, 0) is 34.9 Å². The van der Waals surface area contributed by atoms with E-state index in [0.717, 1.165) is 54.2 Å². The van der Waals surface area contributed by atoms with Crippen LogP contribution in [0.25, 0.3) is 11.0 Å². The standard InChI is InChI=1S/C38H46N8O6.Fe/c1-46(22-20-43(24-28-8-4-6-16-39-28)18-19-44(21-23-46)25-29-9-5-7-17-40-29)37(45-32-11-3-2-10-31(32)41-42-45)27-12-14-30(15-13-27)51-38-36(50)35(49)34(48)33(26-47)52-38;/h2-17,33-38,47-50H,1,18-26H2;/q;+2/t33-,34+,35+,36-,37?,38-;/m1./s1. The van der Waals surface area contributed by atoms with Gasteiger partial charge in [-0.2, -0.15) is 4.68 Å². The second-order valence-electron chi connectivity index (χ2n) is 13.6. The van der Waals surface area contributed by atoms with Gasteiger partial charge in [-0.25, -0.2) is 0 Å². The van der Waals surface area contributed by atoms with Crippen LogP contribution in [0.1, 0.15) is 23.1 Å². The van der Waals surface area contributed by atoms with Crippen molar-refractivity contribution in [1.82, 2.24) is 34.8 Å². The molecule has 280 valence electrons. The van der Waals surface area contributed by atoms with Crippen molar-refractivity contribution >= 4 is 11.0 Å². The fraction of sp³-hybridized carbons (Fsp3) is 0.395. The average molecular weight is 767 g/mol. The zero-order chi connectivity index (χ0) is 36.1. The molecule has 15 heteroatoms. The number of aliphatic hydroxyl groups excluding tert-OH is 4. The first-order valence-electron chi connectivity index (χ1n) is 17.6. The van der Waals surface area contributed by atoms with Gasteiger partial charge in [0.05, 0.1) is 36.6 Å². The van der Waals surface area contributed by atoms with Crippen LogP contribution in [0, 0.1) is 7.05 Å². The molecule has 4 N–H and O–H groups in total. The summed E-state index contributed by atoms with van der Waals surface area (Å²) in [6, 6.07) is 27.3. The molecule has 7 rings (SSSR count). The minimum atomic E-state index is -1.54. The molecule has 3 aromatic heterocycles. The summed E-state index contributed by atoms with van der Waals surface area (Å²) in [6.45, 7) is 5.50. The molecule has 0 radical (unpaired) electrons. The molecule has 6 atom stereocenters. The van der Waals surface area contributed by atoms with Gasteiger partial charge in [0.25, 0.3) is 0 Å². The van der Waals surface area contributed by atoms with Crippen LogP contribution in [0.3, 0.4) is 0 Å². The predicted molar refractivity (Wildman–Crippen MR) is 191 cm³/mol. The van der Waals surface area contributed by atoms with E-state index in [1.807, 2.05) is 77.7 Å². The number of aliphatic hydroxyl groups is 4. The Kier molecular flexibility index (Phi) is 12.8. The molecule has 2 aromatic carbocycles. The maximum absolute atomic E-state index is 10.6. The summed E-state index contributed by atoms with van der Waals surface area (Å²) in [6.07, 6.45) is -3.63. The molecule has 0 bridgehead atoms. The second kappa shape index (κ2) is 17.5. The van der Waals surface area contributed by atoms with Gasteiger partial charge < -0.3 is 34.4 Å². The molecule has 2 aliphatic heterocycles. The van der Waals surface area contributed by atoms with E-state index in [-0.39, 0.29) is 23.2 Å². The molecule has 14 nitrogen and oxygen atoms in total. The van der Waals surface area contributed by atoms with Crippen LogP contribution in [0.15, 0.2) is 97.3 Å². The third-order valence-electron chi connectivity index (χ3n) is 10.1. The molecule has 0 saturated carbocycles. The molecule has 2 fully saturated rings. The first-order valence-corrected chi connectivity index (χ1v) is 17.6. The molecule has 53 heavy (non-hydrogen) atoms. The SMILES string of the molecule is [CH2-][N+]1(C(c2ccc(O[C@@H]3O[C@H](CO)[C@H](O)[C@H](O)[C@H]3O)cc2)n2nnc3ccccc32)CCN(Cc2ccccn2)CCN(Cc2ccccn2)CC1.[Fe+2]. The van der Waals surface area contributed by atoms with Gasteiger partial charge >= 0.3 is 17.1 Å². The summed E-state index contributed by atoms with van der Waals surface area (Å²) in [7, 11) is 4.96. The van der Waals surface area contributed by atoms with Crippen molar-refractivity contribution in [2.75, 3.05) is 45.9 Å². The maximum Gasteiger partial charge on any atom is 2.00 e. The van der Waals surface area contributed by atoms with Gasteiger partial charge in [0.1, 0.15) is 35.7 Å². The van der Waals surface area contributed by atoms with Gasteiger partial charge in [-0.05, 0) is 60.7 Å². The summed E-state index contributed by atoms with van der Waals surface area (Å²) < 4.78 is 13.8. The van der Waals surface area contributed by atoms with Crippen molar-refractivity contribution in [3.8, 4) is 5.75 Å². The third-order valence-corrected chi connectivity index (χ3v) is 10.1. The summed E-state index contributed by atoms with van der Waals surface area (Å²) >= 11 is 0. The summed E-state index contributed by atoms with van der Waals surface area (Å²) in [4.78, 5) is 14.1.